The molecule has 1 aliphatic heterocycles. The van der Waals surface area contributed by atoms with E-state index in [4.69, 9.17) is 5.26 Å². The molecule has 1 heterocycles. The SMILES string of the molecule is N#CCc1ccc(NC(=O)c2ccc(CN3CCCC3)cc2)cc1. The summed E-state index contributed by atoms with van der Waals surface area (Å²) in [6, 6.07) is 17.3. The quantitative estimate of drug-likeness (QED) is 0.916. The van der Waals surface area contributed by atoms with Gasteiger partial charge in [-0.25, -0.2) is 0 Å². The number of likely N-dealkylation sites (tertiary alicyclic amines) is 1. The summed E-state index contributed by atoms with van der Waals surface area (Å²) in [5.41, 5.74) is 3.58. The maximum absolute atomic E-state index is 12.3. The molecule has 0 saturated carbocycles. The summed E-state index contributed by atoms with van der Waals surface area (Å²) in [4.78, 5) is 14.7. The van der Waals surface area contributed by atoms with E-state index in [0.29, 0.717) is 12.0 Å². The van der Waals surface area contributed by atoms with E-state index in [-0.39, 0.29) is 5.91 Å². The lowest BCUT2D eigenvalue weighted by Crippen LogP contribution is -2.18. The number of nitrogens with zero attached hydrogens (tertiary/aromatic N) is 2. The third-order valence-electron chi connectivity index (χ3n) is 4.32. The number of hydrogen-bond acceptors (Lipinski definition) is 3. The van der Waals surface area contributed by atoms with Crippen molar-refractivity contribution in [3.63, 3.8) is 0 Å². The Kier molecular flexibility index (Phi) is 5.25. The van der Waals surface area contributed by atoms with Gasteiger partial charge in [0, 0.05) is 17.8 Å². The van der Waals surface area contributed by atoms with Gasteiger partial charge in [-0.05, 0) is 61.3 Å². The van der Waals surface area contributed by atoms with Crippen molar-refractivity contribution in [3.8, 4) is 6.07 Å². The first-order chi connectivity index (χ1) is 11.7. The predicted molar refractivity (Wildman–Crippen MR) is 94.7 cm³/mol. The van der Waals surface area contributed by atoms with Crippen molar-refractivity contribution < 1.29 is 4.79 Å². The molecule has 122 valence electrons. The molecule has 1 saturated heterocycles. The first-order valence-electron chi connectivity index (χ1n) is 8.33. The first-order valence-corrected chi connectivity index (χ1v) is 8.33. The molecular formula is C20H21N3O. The van der Waals surface area contributed by atoms with Gasteiger partial charge in [-0.3, -0.25) is 9.69 Å². The minimum absolute atomic E-state index is 0.115. The fourth-order valence-corrected chi connectivity index (χ4v) is 2.96. The first kappa shape index (κ1) is 16.2. The summed E-state index contributed by atoms with van der Waals surface area (Å²) < 4.78 is 0. The van der Waals surface area contributed by atoms with Crippen LogP contribution in [0.5, 0.6) is 0 Å². The van der Waals surface area contributed by atoms with E-state index in [9.17, 15) is 4.79 Å². The number of nitriles is 1. The summed E-state index contributed by atoms with van der Waals surface area (Å²) in [6.07, 6.45) is 2.95. The van der Waals surface area contributed by atoms with E-state index < -0.39 is 0 Å². The van der Waals surface area contributed by atoms with Crippen LogP contribution < -0.4 is 5.32 Å². The van der Waals surface area contributed by atoms with E-state index in [0.717, 1.165) is 17.8 Å². The third-order valence-corrected chi connectivity index (χ3v) is 4.32. The fraction of sp³-hybridized carbons (Fsp3) is 0.300. The Morgan fingerprint density at radius 2 is 1.62 bits per heavy atom. The molecule has 4 heteroatoms. The number of anilines is 1. The van der Waals surface area contributed by atoms with E-state index >= 15 is 0 Å². The molecule has 0 spiro atoms. The van der Waals surface area contributed by atoms with Crippen LogP contribution in [0.3, 0.4) is 0 Å². The monoisotopic (exact) mass is 319 g/mol. The highest BCUT2D eigenvalue weighted by Gasteiger charge is 2.12. The maximum atomic E-state index is 12.3. The van der Waals surface area contributed by atoms with Crippen LogP contribution in [0, 0.1) is 11.3 Å². The number of carbonyl (C=O) groups excluding carboxylic acids is 1. The molecule has 0 unspecified atom stereocenters. The van der Waals surface area contributed by atoms with Gasteiger partial charge in [0.25, 0.3) is 5.91 Å². The van der Waals surface area contributed by atoms with Gasteiger partial charge in [0.1, 0.15) is 0 Å². The van der Waals surface area contributed by atoms with Crippen molar-refractivity contribution in [1.29, 1.82) is 5.26 Å². The average molecular weight is 319 g/mol. The van der Waals surface area contributed by atoms with Crippen LogP contribution in [0.2, 0.25) is 0 Å². The van der Waals surface area contributed by atoms with Crippen LogP contribution in [0.25, 0.3) is 0 Å². The largest absolute Gasteiger partial charge is 0.322 e. The van der Waals surface area contributed by atoms with Gasteiger partial charge in [-0.15, -0.1) is 0 Å². The van der Waals surface area contributed by atoms with Gasteiger partial charge in [-0.1, -0.05) is 24.3 Å². The molecule has 1 amide bonds. The van der Waals surface area contributed by atoms with Gasteiger partial charge >= 0.3 is 0 Å². The predicted octanol–water partition coefficient (Wildman–Crippen LogP) is 3.60. The van der Waals surface area contributed by atoms with Gasteiger partial charge in [0.15, 0.2) is 0 Å². The molecule has 4 nitrogen and oxygen atoms in total. The van der Waals surface area contributed by atoms with E-state index in [2.05, 4.69) is 16.3 Å². The van der Waals surface area contributed by atoms with Crippen molar-refractivity contribution in [2.75, 3.05) is 18.4 Å². The molecule has 24 heavy (non-hydrogen) atoms. The molecule has 1 aliphatic rings. The third kappa shape index (κ3) is 4.21. The molecule has 0 bridgehead atoms. The lowest BCUT2D eigenvalue weighted by molar-refractivity contribution is 0.102. The van der Waals surface area contributed by atoms with Crippen LogP contribution in [0.15, 0.2) is 48.5 Å². The van der Waals surface area contributed by atoms with Crippen LogP contribution in [-0.4, -0.2) is 23.9 Å². The molecule has 1 fully saturated rings. The fourth-order valence-electron chi connectivity index (χ4n) is 2.96. The summed E-state index contributed by atoms with van der Waals surface area (Å²) >= 11 is 0. The Balaban J connectivity index is 1.59. The van der Waals surface area contributed by atoms with Gasteiger partial charge in [0.2, 0.25) is 0 Å². The molecule has 0 radical (unpaired) electrons. The second kappa shape index (κ2) is 7.76. The van der Waals surface area contributed by atoms with Crippen LogP contribution in [0.4, 0.5) is 5.69 Å². The minimum Gasteiger partial charge on any atom is -0.322 e. The molecule has 0 aliphatic carbocycles. The standard InChI is InChI=1S/C20H21N3O/c21-12-11-16-5-9-19(10-6-16)22-20(24)18-7-3-17(4-8-18)15-23-13-1-2-14-23/h3-10H,1-2,11,13-15H2,(H,22,24). The van der Waals surface area contributed by atoms with Crippen LogP contribution in [-0.2, 0) is 13.0 Å². The zero-order chi connectivity index (χ0) is 16.8. The van der Waals surface area contributed by atoms with Crippen LogP contribution >= 0.6 is 0 Å². The Morgan fingerprint density at radius 3 is 2.25 bits per heavy atom. The Bertz CT molecular complexity index is 723. The smallest absolute Gasteiger partial charge is 0.255 e. The highest BCUT2D eigenvalue weighted by molar-refractivity contribution is 6.04. The second-order valence-corrected chi connectivity index (χ2v) is 6.17. The van der Waals surface area contributed by atoms with Gasteiger partial charge in [-0.2, -0.15) is 5.26 Å². The van der Waals surface area contributed by atoms with E-state index in [1.807, 2.05) is 48.5 Å². The Labute approximate surface area is 142 Å². The average Bonchev–Trinajstić information content (AvgIpc) is 3.10. The molecule has 1 N–H and O–H groups in total. The number of carbonyl (C=O) groups is 1. The zero-order valence-corrected chi connectivity index (χ0v) is 13.7. The number of rotatable bonds is 5. The Hall–Kier alpha value is -2.64. The number of nitrogens with one attached hydrogen (secondary N) is 1. The van der Waals surface area contributed by atoms with Gasteiger partial charge in [0.05, 0.1) is 12.5 Å². The summed E-state index contributed by atoms with van der Waals surface area (Å²) in [7, 11) is 0. The summed E-state index contributed by atoms with van der Waals surface area (Å²) in [6.45, 7) is 3.30. The van der Waals surface area contributed by atoms with Crippen molar-refractivity contribution in [2.45, 2.75) is 25.8 Å². The highest BCUT2D eigenvalue weighted by Crippen LogP contribution is 2.15. The minimum atomic E-state index is -0.115. The molecule has 2 aromatic rings. The normalized spacial score (nSPS) is 14.3. The second-order valence-electron chi connectivity index (χ2n) is 6.17. The van der Waals surface area contributed by atoms with E-state index in [1.54, 1.807) is 0 Å². The summed E-state index contributed by atoms with van der Waals surface area (Å²) in [5.74, 6) is -0.115. The molecule has 2 aromatic carbocycles. The lowest BCUT2D eigenvalue weighted by atomic mass is 10.1. The number of amides is 1. The van der Waals surface area contributed by atoms with E-state index in [1.165, 1.54) is 31.5 Å². The molecular weight excluding hydrogens is 298 g/mol. The van der Waals surface area contributed by atoms with Crippen molar-refractivity contribution >= 4 is 11.6 Å². The summed E-state index contributed by atoms with van der Waals surface area (Å²) in [5, 5.41) is 11.6. The topological polar surface area (TPSA) is 56.1 Å². The zero-order valence-electron chi connectivity index (χ0n) is 13.7. The maximum Gasteiger partial charge on any atom is 0.255 e. The highest BCUT2D eigenvalue weighted by atomic mass is 16.1. The number of benzene rings is 2. The number of hydrogen-bond donors (Lipinski definition) is 1. The van der Waals surface area contributed by atoms with Gasteiger partial charge < -0.3 is 5.32 Å². The van der Waals surface area contributed by atoms with Crippen LogP contribution in [0.1, 0.15) is 34.3 Å². The van der Waals surface area contributed by atoms with Crippen molar-refractivity contribution in [3.05, 3.63) is 65.2 Å². The molecule has 0 atom stereocenters. The molecule has 0 aromatic heterocycles. The molecule has 3 rings (SSSR count). The van der Waals surface area contributed by atoms with Crippen molar-refractivity contribution in [2.24, 2.45) is 0 Å². The van der Waals surface area contributed by atoms with Crippen molar-refractivity contribution in [1.82, 2.24) is 4.90 Å². The lowest BCUT2D eigenvalue weighted by Gasteiger charge is -2.14. The Morgan fingerprint density at radius 1 is 1.00 bits per heavy atom.